The van der Waals surface area contributed by atoms with Crippen LogP contribution in [0.25, 0.3) is 0 Å². The Morgan fingerprint density at radius 2 is 2.11 bits per heavy atom. The van der Waals surface area contributed by atoms with Gasteiger partial charge in [-0.1, -0.05) is 19.8 Å². The SMILES string of the molecule is C[C@@H]1CCN(C(=O)c2n[nH]c(=O)[nH]2)[C@@H]2CCCC[C@H]12. The molecule has 1 aromatic heterocycles. The van der Waals surface area contributed by atoms with Gasteiger partial charge in [-0.15, -0.1) is 5.10 Å². The van der Waals surface area contributed by atoms with Crippen LogP contribution in [0.2, 0.25) is 0 Å². The van der Waals surface area contributed by atoms with E-state index in [9.17, 15) is 9.59 Å². The molecule has 2 heterocycles. The fourth-order valence-corrected chi connectivity index (χ4v) is 3.67. The quantitative estimate of drug-likeness (QED) is 0.798. The van der Waals surface area contributed by atoms with Crippen LogP contribution in [0.3, 0.4) is 0 Å². The molecule has 6 heteroatoms. The van der Waals surface area contributed by atoms with E-state index in [1.807, 2.05) is 4.90 Å². The van der Waals surface area contributed by atoms with Crippen LogP contribution in [0.4, 0.5) is 0 Å². The fraction of sp³-hybridized carbons (Fsp3) is 0.769. The van der Waals surface area contributed by atoms with E-state index >= 15 is 0 Å². The largest absolute Gasteiger partial charge is 0.341 e. The average Bonchev–Trinajstić information content (AvgIpc) is 2.86. The molecular weight excluding hydrogens is 244 g/mol. The molecule has 0 unspecified atom stereocenters. The minimum Gasteiger partial charge on any atom is -0.333 e. The summed E-state index contributed by atoms with van der Waals surface area (Å²) in [6.07, 6.45) is 5.80. The smallest absolute Gasteiger partial charge is 0.333 e. The molecule has 0 radical (unpaired) electrons. The van der Waals surface area contributed by atoms with Gasteiger partial charge in [0.1, 0.15) is 0 Å². The lowest BCUT2D eigenvalue weighted by molar-refractivity contribution is 0.0208. The summed E-state index contributed by atoms with van der Waals surface area (Å²) in [5.41, 5.74) is -0.422. The average molecular weight is 264 g/mol. The van der Waals surface area contributed by atoms with Gasteiger partial charge in [-0.3, -0.25) is 9.78 Å². The number of fused-ring (bicyclic) bond motifs is 1. The van der Waals surface area contributed by atoms with Gasteiger partial charge in [-0.2, -0.15) is 0 Å². The molecule has 1 aromatic rings. The summed E-state index contributed by atoms with van der Waals surface area (Å²) in [4.78, 5) is 27.9. The Bertz CT molecular complexity index is 521. The Kier molecular flexibility index (Phi) is 3.16. The zero-order valence-electron chi connectivity index (χ0n) is 11.2. The van der Waals surface area contributed by atoms with E-state index < -0.39 is 5.69 Å². The van der Waals surface area contributed by atoms with Gasteiger partial charge in [0.05, 0.1) is 0 Å². The first-order chi connectivity index (χ1) is 9.16. The number of nitrogens with zero attached hydrogens (tertiary/aromatic N) is 2. The third-order valence-corrected chi connectivity index (χ3v) is 4.70. The van der Waals surface area contributed by atoms with Crippen LogP contribution in [0.5, 0.6) is 0 Å². The highest BCUT2D eigenvalue weighted by atomic mass is 16.2. The van der Waals surface area contributed by atoms with Crippen LogP contribution >= 0.6 is 0 Å². The van der Waals surface area contributed by atoms with E-state index in [1.54, 1.807) is 0 Å². The minimum atomic E-state index is -0.422. The molecular formula is C13H20N4O2. The maximum atomic E-state index is 12.4. The van der Waals surface area contributed by atoms with Crippen molar-refractivity contribution in [3.63, 3.8) is 0 Å². The van der Waals surface area contributed by atoms with Gasteiger partial charge in [0, 0.05) is 12.6 Å². The Balaban J connectivity index is 1.83. The summed E-state index contributed by atoms with van der Waals surface area (Å²) < 4.78 is 0. The summed E-state index contributed by atoms with van der Waals surface area (Å²) in [5.74, 6) is 1.30. The lowest BCUT2D eigenvalue weighted by Gasteiger charge is -2.47. The molecule has 3 rings (SSSR count). The van der Waals surface area contributed by atoms with Crippen molar-refractivity contribution in [3.8, 4) is 0 Å². The fourth-order valence-electron chi connectivity index (χ4n) is 3.67. The summed E-state index contributed by atoms with van der Waals surface area (Å²) >= 11 is 0. The van der Waals surface area contributed by atoms with Crippen molar-refractivity contribution in [2.75, 3.05) is 6.54 Å². The lowest BCUT2D eigenvalue weighted by atomic mass is 9.72. The molecule has 1 saturated carbocycles. The number of H-pyrrole nitrogens is 2. The zero-order chi connectivity index (χ0) is 13.4. The van der Waals surface area contributed by atoms with Gasteiger partial charge in [0.15, 0.2) is 0 Å². The van der Waals surface area contributed by atoms with Crippen LogP contribution in [-0.2, 0) is 0 Å². The number of hydrogen-bond donors (Lipinski definition) is 2. The molecule has 1 aliphatic heterocycles. The van der Waals surface area contributed by atoms with E-state index in [4.69, 9.17) is 0 Å². The first-order valence-corrected chi connectivity index (χ1v) is 7.12. The van der Waals surface area contributed by atoms with Crippen LogP contribution in [0, 0.1) is 11.8 Å². The van der Waals surface area contributed by atoms with Gasteiger partial charge in [0.2, 0.25) is 5.82 Å². The van der Waals surface area contributed by atoms with Gasteiger partial charge in [-0.05, 0) is 31.1 Å². The molecule has 0 bridgehead atoms. The van der Waals surface area contributed by atoms with Crippen molar-refractivity contribution in [2.24, 2.45) is 11.8 Å². The van der Waals surface area contributed by atoms with E-state index in [1.165, 1.54) is 19.3 Å². The molecule has 6 nitrogen and oxygen atoms in total. The highest BCUT2D eigenvalue weighted by molar-refractivity contribution is 5.90. The predicted octanol–water partition coefficient (Wildman–Crippen LogP) is 1.14. The van der Waals surface area contributed by atoms with Crippen LogP contribution in [0.1, 0.15) is 49.6 Å². The molecule has 19 heavy (non-hydrogen) atoms. The van der Waals surface area contributed by atoms with Crippen LogP contribution in [-0.4, -0.2) is 38.6 Å². The number of aromatic nitrogens is 3. The number of carbonyl (C=O) groups is 1. The first kappa shape index (κ1) is 12.4. The minimum absolute atomic E-state index is 0.137. The summed E-state index contributed by atoms with van der Waals surface area (Å²) in [6, 6.07) is 0.324. The molecule has 2 fully saturated rings. The van der Waals surface area contributed by atoms with Crippen molar-refractivity contribution in [1.82, 2.24) is 20.1 Å². The van der Waals surface area contributed by atoms with Gasteiger partial charge in [-0.25, -0.2) is 9.89 Å². The third-order valence-electron chi connectivity index (χ3n) is 4.70. The number of nitrogens with one attached hydrogen (secondary N) is 2. The van der Waals surface area contributed by atoms with Crippen LogP contribution < -0.4 is 5.69 Å². The number of likely N-dealkylation sites (tertiary alicyclic amines) is 1. The van der Waals surface area contributed by atoms with E-state index in [0.717, 1.165) is 19.4 Å². The van der Waals surface area contributed by atoms with Crippen molar-refractivity contribution in [3.05, 3.63) is 16.3 Å². The van der Waals surface area contributed by atoms with Gasteiger partial charge < -0.3 is 4.90 Å². The monoisotopic (exact) mass is 264 g/mol. The second-order valence-electron chi connectivity index (χ2n) is 5.81. The number of aromatic amines is 2. The van der Waals surface area contributed by atoms with Crippen molar-refractivity contribution in [1.29, 1.82) is 0 Å². The summed E-state index contributed by atoms with van der Waals surface area (Å²) in [6.45, 7) is 3.07. The third kappa shape index (κ3) is 2.19. The molecule has 2 aliphatic rings. The van der Waals surface area contributed by atoms with E-state index in [0.29, 0.717) is 17.9 Å². The van der Waals surface area contributed by atoms with Crippen molar-refractivity contribution >= 4 is 5.91 Å². The highest BCUT2D eigenvalue weighted by Gasteiger charge is 2.40. The van der Waals surface area contributed by atoms with Gasteiger partial charge >= 0.3 is 5.69 Å². The molecule has 1 saturated heterocycles. The Morgan fingerprint density at radius 3 is 2.84 bits per heavy atom. The number of piperidine rings is 1. The highest BCUT2D eigenvalue weighted by Crippen LogP contribution is 2.39. The van der Waals surface area contributed by atoms with E-state index in [-0.39, 0.29) is 11.7 Å². The Hall–Kier alpha value is -1.59. The number of hydrogen-bond acceptors (Lipinski definition) is 3. The molecule has 3 atom stereocenters. The molecule has 0 spiro atoms. The number of amides is 1. The summed E-state index contributed by atoms with van der Waals surface area (Å²) in [7, 11) is 0. The predicted molar refractivity (Wildman–Crippen MR) is 69.8 cm³/mol. The van der Waals surface area contributed by atoms with E-state index in [2.05, 4.69) is 22.1 Å². The van der Waals surface area contributed by atoms with Crippen molar-refractivity contribution < 1.29 is 4.79 Å². The Labute approximate surface area is 111 Å². The van der Waals surface area contributed by atoms with Crippen molar-refractivity contribution in [2.45, 2.75) is 45.1 Å². The standard InChI is InChI=1S/C13H20N4O2/c1-8-6-7-17(10-5-3-2-4-9(8)10)12(18)11-14-13(19)16-15-11/h8-10H,2-7H2,1H3,(H2,14,15,16,19)/t8-,9-,10-/m1/s1. The Morgan fingerprint density at radius 1 is 1.32 bits per heavy atom. The van der Waals surface area contributed by atoms with Crippen LogP contribution in [0.15, 0.2) is 4.79 Å². The maximum Gasteiger partial charge on any atom is 0.341 e. The van der Waals surface area contributed by atoms with Gasteiger partial charge in [0.25, 0.3) is 5.91 Å². The lowest BCUT2D eigenvalue weighted by Crippen LogP contribution is -2.52. The number of carbonyl (C=O) groups excluding carboxylic acids is 1. The second-order valence-corrected chi connectivity index (χ2v) is 5.81. The second kappa shape index (κ2) is 4.83. The molecule has 2 N–H and O–H groups in total. The number of rotatable bonds is 1. The molecule has 0 aromatic carbocycles. The molecule has 1 aliphatic carbocycles. The topological polar surface area (TPSA) is 81.8 Å². The maximum absolute atomic E-state index is 12.4. The zero-order valence-corrected chi connectivity index (χ0v) is 11.2. The molecule has 104 valence electrons. The molecule has 1 amide bonds. The summed E-state index contributed by atoms with van der Waals surface area (Å²) in [5, 5.41) is 6.02. The first-order valence-electron chi connectivity index (χ1n) is 7.12. The normalized spacial score (nSPS) is 31.0.